The largest absolute Gasteiger partial charge is 0.404 e. The summed E-state index contributed by atoms with van der Waals surface area (Å²) in [6, 6.07) is 0. The third-order valence-corrected chi connectivity index (χ3v) is 1.69. The van der Waals surface area contributed by atoms with E-state index in [0.717, 1.165) is 12.1 Å². The lowest BCUT2D eigenvalue weighted by Crippen LogP contribution is -2.04. The molecule has 0 radical (unpaired) electrons. The van der Waals surface area contributed by atoms with Gasteiger partial charge in [-0.3, -0.25) is 4.67 Å². The highest BCUT2D eigenvalue weighted by Gasteiger charge is 2.17. The van der Waals surface area contributed by atoms with Crippen LogP contribution in [0, 0.1) is 5.41 Å². The third kappa shape index (κ3) is 1.29. The van der Waals surface area contributed by atoms with Crippen molar-refractivity contribution in [3.8, 4) is 0 Å². The summed E-state index contributed by atoms with van der Waals surface area (Å²) in [5, 5.41) is 7.33. The van der Waals surface area contributed by atoms with E-state index < -0.39 is 0 Å². The fourth-order valence-electron chi connectivity index (χ4n) is 0.828. The van der Waals surface area contributed by atoms with E-state index in [-0.39, 0.29) is 0 Å². The molecule has 0 aromatic heterocycles. The molecule has 0 spiro atoms. The molecule has 1 atom stereocenters. The van der Waals surface area contributed by atoms with Crippen LogP contribution in [0.1, 0.15) is 0 Å². The molecule has 1 unspecified atom stereocenters. The molecule has 1 saturated heterocycles. The number of nitrogens with two attached hydrogens (primary N) is 1. The van der Waals surface area contributed by atoms with Crippen LogP contribution in [0.5, 0.6) is 0 Å². The first-order valence-electron chi connectivity index (χ1n) is 2.72. The predicted octanol–water partition coefficient (Wildman–Crippen LogP) is -0.0455. The quantitative estimate of drug-likeness (QED) is 0.467. The minimum absolute atomic E-state index is 0.632. The molecule has 1 rings (SSSR count). The molecule has 1 fully saturated rings. The van der Waals surface area contributed by atoms with Crippen molar-refractivity contribution in [1.82, 2.24) is 4.67 Å². The first kappa shape index (κ1) is 6.72. The first-order valence-corrected chi connectivity index (χ1v) is 3.24. The lowest BCUT2D eigenvalue weighted by molar-refractivity contribution is 0.621. The Bertz CT molecular complexity index is 164. The van der Waals surface area contributed by atoms with Crippen molar-refractivity contribution in [3.63, 3.8) is 0 Å². The Kier molecular flexibility index (Phi) is 1.84. The standard InChI is InChI=1S/C5H10N3P/c6-1-4-2-8(9)3-5(4)7/h1,7H,2-3,6,9H2/b4-1-,7-5?. The van der Waals surface area contributed by atoms with Crippen molar-refractivity contribution < 1.29 is 0 Å². The molecule has 1 heterocycles. The van der Waals surface area contributed by atoms with Crippen LogP contribution < -0.4 is 5.73 Å². The minimum atomic E-state index is 0.632. The molecule has 9 heavy (non-hydrogen) atoms. The monoisotopic (exact) mass is 143 g/mol. The third-order valence-electron chi connectivity index (χ3n) is 1.32. The van der Waals surface area contributed by atoms with Gasteiger partial charge in [-0.2, -0.15) is 0 Å². The maximum Gasteiger partial charge on any atom is 0.0517 e. The summed E-state index contributed by atoms with van der Waals surface area (Å²) in [6.07, 6.45) is 1.51. The molecule has 4 heteroatoms. The number of nitrogens with zero attached hydrogens (tertiary/aromatic N) is 1. The van der Waals surface area contributed by atoms with E-state index in [9.17, 15) is 0 Å². The second kappa shape index (κ2) is 2.46. The SMILES string of the molecule is N=C1CN(P)C/C1=C/N. The van der Waals surface area contributed by atoms with Gasteiger partial charge in [0.05, 0.1) is 5.71 Å². The fraction of sp³-hybridized carbons (Fsp3) is 0.400. The second-order valence-corrected chi connectivity index (χ2v) is 2.81. The Balaban J connectivity index is 2.70. The van der Waals surface area contributed by atoms with E-state index in [1.165, 1.54) is 6.20 Å². The van der Waals surface area contributed by atoms with Crippen LogP contribution in [-0.2, 0) is 0 Å². The van der Waals surface area contributed by atoms with Crippen molar-refractivity contribution in [3.05, 3.63) is 11.8 Å². The van der Waals surface area contributed by atoms with Gasteiger partial charge in [-0.05, 0) is 0 Å². The molecule has 3 nitrogen and oxygen atoms in total. The number of hydrogen-bond acceptors (Lipinski definition) is 3. The average Bonchev–Trinajstić information content (AvgIpc) is 2.10. The van der Waals surface area contributed by atoms with Crippen molar-refractivity contribution in [2.24, 2.45) is 5.73 Å². The van der Waals surface area contributed by atoms with Gasteiger partial charge in [0.2, 0.25) is 0 Å². The number of hydrogen-bond donors (Lipinski definition) is 2. The van der Waals surface area contributed by atoms with Crippen LogP contribution in [0.2, 0.25) is 0 Å². The van der Waals surface area contributed by atoms with Gasteiger partial charge < -0.3 is 11.1 Å². The van der Waals surface area contributed by atoms with Gasteiger partial charge in [-0.15, -0.1) is 0 Å². The van der Waals surface area contributed by atoms with E-state index >= 15 is 0 Å². The van der Waals surface area contributed by atoms with Crippen LogP contribution in [0.3, 0.4) is 0 Å². The Hall–Kier alpha value is -0.400. The van der Waals surface area contributed by atoms with Crippen molar-refractivity contribution >= 4 is 15.1 Å². The molecule has 1 aliphatic rings. The van der Waals surface area contributed by atoms with E-state index in [1.54, 1.807) is 0 Å². The van der Waals surface area contributed by atoms with Crippen LogP contribution in [0.4, 0.5) is 0 Å². The molecular formula is C5H10N3P. The van der Waals surface area contributed by atoms with E-state index in [1.807, 2.05) is 4.67 Å². The summed E-state index contributed by atoms with van der Waals surface area (Å²) in [6.45, 7) is 1.49. The first-order chi connectivity index (χ1) is 4.24. The molecule has 50 valence electrons. The normalized spacial score (nSPS) is 25.9. The lowest BCUT2D eigenvalue weighted by atomic mass is 10.2. The van der Waals surface area contributed by atoms with E-state index in [0.29, 0.717) is 12.3 Å². The Morgan fingerprint density at radius 3 is 2.56 bits per heavy atom. The summed E-state index contributed by atoms with van der Waals surface area (Å²) in [5.41, 5.74) is 6.81. The molecular weight excluding hydrogens is 133 g/mol. The van der Waals surface area contributed by atoms with Crippen molar-refractivity contribution in [2.45, 2.75) is 0 Å². The summed E-state index contributed by atoms with van der Waals surface area (Å²) in [7, 11) is 2.55. The summed E-state index contributed by atoms with van der Waals surface area (Å²) < 4.78 is 1.97. The fourth-order valence-corrected chi connectivity index (χ4v) is 1.21. The highest BCUT2D eigenvalue weighted by molar-refractivity contribution is 7.13. The topological polar surface area (TPSA) is 53.1 Å². The van der Waals surface area contributed by atoms with Gasteiger partial charge in [0.25, 0.3) is 0 Å². The Morgan fingerprint density at radius 2 is 2.33 bits per heavy atom. The van der Waals surface area contributed by atoms with E-state index in [2.05, 4.69) is 9.39 Å². The maximum absolute atomic E-state index is 7.33. The van der Waals surface area contributed by atoms with Crippen LogP contribution >= 0.6 is 9.39 Å². The Labute approximate surface area is 56.7 Å². The van der Waals surface area contributed by atoms with Gasteiger partial charge in [0.15, 0.2) is 0 Å². The zero-order valence-corrected chi connectivity index (χ0v) is 6.25. The van der Waals surface area contributed by atoms with Gasteiger partial charge in [0.1, 0.15) is 0 Å². The maximum atomic E-state index is 7.33. The van der Waals surface area contributed by atoms with Crippen LogP contribution in [0.25, 0.3) is 0 Å². The smallest absolute Gasteiger partial charge is 0.0517 e. The molecule has 0 aromatic rings. The molecule has 0 aliphatic carbocycles. The van der Waals surface area contributed by atoms with Gasteiger partial charge >= 0.3 is 0 Å². The number of nitrogens with one attached hydrogen (secondary N) is 1. The predicted molar refractivity (Wildman–Crippen MR) is 41.3 cm³/mol. The van der Waals surface area contributed by atoms with Gasteiger partial charge in [0, 0.05) is 24.9 Å². The molecule has 0 bridgehead atoms. The lowest BCUT2D eigenvalue weighted by Gasteiger charge is -2.00. The highest BCUT2D eigenvalue weighted by atomic mass is 31.0. The van der Waals surface area contributed by atoms with Crippen LogP contribution in [-0.4, -0.2) is 23.5 Å². The molecule has 0 saturated carbocycles. The average molecular weight is 143 g/mol. The number of rotatable bonds is 0. The summed E-state index contributed by atoms with van der Waals surface area (Å²) in [5.74, 6) is 0. The molecule has 0 aromatic carbocycles. The van der Waals surface area contributed by atoms with Crippen molar-refractivity contribution in [2.75, 3.05) is 13.1 Å². The zero-order valence-electron chi connectivity index (χ0n) is 5.09. The Morgan fingerprint density at radius 1 is 1.67 bits per heavy atom. The second-order valence-electron chi connectivity index (χ2n) is 2.08. The minimum Gasteiger partial charge on any atom is -0.404 e. The zero-order chi connectivity index (χ0) is 6.85. The van der Waals surface area contributed by atoms with Gasteiger partial charge in [-0.25, -0.2) is 0 Å². The molecule has 3 N–H and O–H groups in total. The molecule has 0 amide bonds. The summed E-state index contributed by atoms with van der Waals surface area (Å²) >= 11 is 0. The summed E-state index contributed by atoms with van der Waals surface area (Å²) in [4.78, 5) is 0. The molecule has 1 aliphatic heterocycles. The van der Waals surface area contributed by atoms with Crippen LogP contribution in [0.15, 0.2) is 11.8 Å². The van der Waals surface area contributed by atoms with Crippen molar-refractivity contribution in [1.29, 1.82) is 5.41 Å². The highest BCUT2D eigenvalue weighted by Crippen LogP contribution is 2.13. The van der Waals surface area contributed by atoms with Gasteiger partial charge in [-0.1, -0.05) is 9.39 Å². The van der Waals surface area contributed by atoms with E-state index in [4.69, 9.17) is 11.1 Å².